The molecule has 0 atom stereocenters. The quantitative estimate of drug-likeness (QED) is 0.854. The lowest BCUT2D eigenvalue weighted by Crippen LogP contribution is -2.11. The largest absolute Gasteiger partial charge is 0.469 e. The lowest BCUT2D eigenvalue weighted by Gasteiger charge is -1.98. The van der Waals surface area contributed by atoms with E-state index in [1.54, 1.807) is 12.3 Å². The fourth-order valence-electron chi connectivity index (χ4n) is 1.26. The Morgan fingerprint density at radius 2 is 2.26 bits per heavy atom. The minimum Gasteiger partial charge on any atom is -0.469 e. The van der Waals surface area contributed by atoms with Gasteiger partial charge in [-0.05, 0) is 18.5 Å². The molecule has 0 aliphatic heterocycles. The summed E-state index contributed by atoms with van der Waals surface area (Å²) in [4.78, 5) is 27.5. The van der Waals surface area contributed by atoms with Crippen LogP contribution in [-0.4, -0.2) is 33.6 Å². The molecule has 0 aromatic carbocycles. The van der Waals surface area contributed by atoms with Crippen molar-refractivity contribution in [2.45, 2.75) is 13.3 Å². The normalized spacial score (nSPS) is 10.2. The number of anilines is 1. The van der Waals surface area contributed by atoms with Crippen molar-refractivity contribution in [1.29, 1.82) is 0 Å². The number of nitrogens with zero attached hydrogens (tertiary/aromatic N) is 3. The number of nitrogens with one attached hydrogen (secondary N) is 1. The topological polar surface area (TPSA) is 94.1 Å². The van der Waals surface area contributed by atoms with Gasteiger partial charge in [-0.2, -0.15) is 0 Å². The zero-order valence-corrected chi connectivity index (χ0v) is 11.8. The monoisotopic (exact) mass is 298 g/mol. The van der Waals surface area contributed by atoms with Gasteiger partial charge in [0.1, 0.15) is 4.88 Å². The van der Waals surface area contributed by atoms with Crippen LogP contribution in [0.2, 0.25) is 0 Å². The first-order valence-electron chi connectivity index (χ1n) is 5.21. The molecule has 0 bridgehead atoms. The summed E-state index contributed by atoms with van der Waals surface area (Å²) in [7, 11) is 1.32. The lowest BCUT2D eigenvalue weighted by atomic mass is 10.3. The van der Waals surface area contributed by atoms with Crippen molar-refractivity contribution in [2.75, 3.05) is 12.4 Å². The number of carbonyl (C=O) groups is 2. The summed E-state index contributed by atoms with van der Waals surface area (Å²) in [6.45, 7) is 1.71. The second-order valence-corrected chi connectivity index (χ2v) is 5.15. The van der Waals surface area contributed by atoms with E-state index in [1.807, 2.05) is 0 Å². The van der Waals surface area contributed by atoms with Crippen molar-refractivity contribution in [3.63, 3.8) is 0 Å². The molecule has 0 unspecified atom stereocenters. The summed E-state index contributed by atoms with van der Waals surface area (Å²) in [6.07, 6.45) is 0.0873. The Kier molecular flexibility index (Phi) is 4.17. The summed E-state index contributed by atoms with van der Waals surface area (Å²) in [5.74, 6) is -0.669. The van der Waals surface area contributed by atoms with Gasteiger partial charge in [0.25, 0.3) is 5.91 Å². The molecule has 9 heteroatoms. The lowest BCUT2D eigenvalue weighted by molar-refractivity contribution is -0.139. The number of methoxy groups -OCH3 is 1. The van der Waals surface area contributed by atoms with Gasteiger partial charge >= 0.3 is 5.97 Å². The number of thiazole rings is 1. The number of rotatable bonds is 4. The number of amides is 1. The minimum absolute atomic E-state index is 0.0873. The van der Waals surface area contributed by atoms with Crippen LogP contribution in [0.3, 0.4) is 0 Å². The molecule has 0 saturated heterocycles. The molecule has 0 aliphatic rings. The van der Waals surface area contributed by atoms with Gasteiger partial charge in [-0.1, -0.05) is 4.49 Å². The van der Waals surface area contributed by atoms with Crippen LogP contribution in [0.15, 0.2) is 5.38 Å². The molecular weight excluding hydrogens is 288 g/mol. The molecule has 0 spiro atoms. The van der Waals surface area contributed by atoms with Crippen LogP contribution >= 0.6 is 22.9 Å². The molecule has 0 saturated carbocycles. The first-order chi connectivity index (χ1) is 9.10. The molecule has 0 aliphatic carbocycles. The first kappa shape index (κ1) is 13.6. The molecule has 2 aromatic heterocycles. The van der Waals surface area contributed by atoms with E-state index >= 15 is 0 Å². The highest BCUT2D eigenvalue weighted by atomic mass is 32.1. The van der Waals surface area contributed by atoms with Gasteiger partial charge in [-0.15, -0.1) is 16.4 Å². The molecule has 1 N–H and O–H groups in total. The van der Waals surface area contributed by atoms with E-state index in [1.165, 1.54) is 18.4 Å². The van der Waals surface area contributed by atoms with Gasteiger partial charge in [-0.25, -0.2) is 4.98 Å². The molecule has 0 fully saturated rings. The predicted molar refractivity (Wildman–Crippen MR) is 70.4 cm³/mol. The third kappa shape index (κ3) is 3.32. The standard InChI is InChI=1S/C10H10N4O3S2/c1-5-8(19-14-13-5)9(16)12-10-11-6(4-18-10)3-7(15)17-2/h4H,3H2,1-2H3,(H,11,12,16). The van der Waals surface area contributed by atoms with E-state index in [0.717, 1.165) is 11.5 Å². The van der Waals surface area contributed by atoms with Crippen LogP contribution in [-0.2, 0) is 16.0 Å². The van der Waals surface area contributed by atoms with Crippen LogP contribution in [0.25, 0.3) is 0 Å². The zero-order valence-electron chi connectivity index (χ0n) is 10.2. The van der Waals surface area contributed by atoms with Crippen LogP contribution in [0.5, 0.6) is 0 Å². The average molecular weight is 298 g/mol. The van der Waals surface area contributed by atoms with E-state index in [2.05, 4.69) is 24.6 Å². The molecule has 7 nitrogen and oxygen atoms in total. The van der Waals surface area contributed by atoms with Crippen LogP contribution < -0.4 is 5.32 Å². The van der Waals surface area contributed by atoms with E-state index in [0.29, 0.717) is 21.4 Å². The molecule has 2 rings (SSSR count). The summed E-state index contributed by atoms with van der Waals surface area (Å²) >= 11 is 2.27. The fraction of sp³-hybridized carbons (Fsp3) is 0.300. The summed E-state index contributed by atoms with van der Waals surface area (Å²) < 4.78 is 8.24. The number of ether oxygens (including phenoxy) is 1. The van der Waals surface area contributed by atoms with Crippen molar-refractivity contribution >= 4 is 39.9 Å². The molecule has 0 radical (unpaired) electrons. The first-order valence-corrected chi connectivity index (χ1v) is 6.87. The molecule has 2 heterocycles. The second-order valence-electron chi connectivity index (χ2n) is 3.54. The summed E-state index contributed by atoms with van der Waals surface area (Å²) in [5, 5.41) is 8.53. The third-order valence-electron chi connectivity index (χ3n) is 2.18. The Morgan fingerprint density at radius 1 is 1.47 bits per heavy atom. The molecule has 19 heavy (non-hydrogen) atoms. The number of hydrogen-bond acceptors (Lipinski definition) is 8. The van der Waals surface area contributed by atoms with Crippen molar-refractivity contribution in [2.24, 2.45) is 0 Å². The van der Waals surface area contributed by atoms with E-state index in [-0.39, 0.29) is 18.3 Å². The van der Waals surface area contributed by atoms with E-state index < -0.39 is 0 Å². The fourth-order valence-corrected chi connectivity index (χ4v) is 2.52. The maximum Gasteiger partial charge on any atom is 0.311 e. The highest BCUT2D eigenvalue weighted by Crippen LogP contribution is 2.18. The molecule has 100 valence electrons. The number of esters is 1. The van der Waals surface area contributed by atoms with E-state index in [9.17, 15) is 9.59 Å². The zero-order chi connectivity index (χ0) is 13.8. The smallest absolute Gasteiger partial charge is 0.311 e. The van der Waals surface area contributed by atoms with Gasteiger partial charge in [0, 0.05) is 5.38 Å². The summed E-state index contributed by atoms with van der Waals surface area (Å²) in [5.41, 5.74) is 1.14. The van der Waals surface area contributed by atoms with Crippen LogP contribution in [0.1, 0.15) is 21.1 Å². The Labute approximate surface area is 116 Å². The van der Waals surface area contributed by atoms with Crippen molar-refractivity contribution in [3.05, 3.63) is 21.6 Å². The van der Waals surface area contributed by atoms with E-state index in [4.69, 9.17) is 0 Å². The number of hydrogen-bond donors (Lipinski definition) is 1. The number of carbonyl (C=O) groups excluding carboxylic acids is 2. The maximum atomic E-state index is 11.9. The Morgan fingerprint density at radius 3 is 2.89 bits per heavy atom. The number of aryl methyl sites for hydroxylation is 1. The Hall–Kier alpha value is -1.87. The highest BCUT2D eigenvalue weighted by Gasteiger charge is 2.15. The second kappa shape index (κ2) is 5.85. The van der Waals surface area contributed by atoms with Gasteiger partial charge in [0.2, 0.25) is 0 Å². The number of aromatic nitrogens is 3. The SMILES string of the molecule is COC(=O)Cc1csc(NC(=O)c2snnc2C)n1. The van der Waals surface area contributed by atoms with Gasteiger partial charge in [0.05, 0.1) is 24.9 Å². The molecule has 2 aromatic rings. The Balaban J connectivity index is 2.02. The minimum atomic E-state index is -0.370. The predicted octanol–water partition coefficient (Wildman–Crippen LogP) is 1.27. The van der Waals surface area contributed by atoms with Crippen molar-refractivity contribution < 1.29 is 14.3 Å². The summed E-state index contributed by atoms with van der Waals surface area (Å²) in [6, 6.07) is 0. The molecular formula is C10H10N4O3S2. The average Bonchev–Trinajstić information content (AvgIpc) is 2.98. The molecule has 1 amide bonds. The van der Waals surface area contributed by atoms with Gasteiger partial charge in [0.15, 0.2) is 5.13 Å². The van der Waals surface area contributed by atoms with Gasteiger partial charge < -0.3 is 4.74 Å². The third-order valence-corrected chi connectivity index (χ3v) is 3.82. The van der Waals surface area contributed by atoms with Crippen LogP contribution in [0.4, 0.5) is 5.13 Å². The van der Waals surface area contributed by atoms with Crippen molar-refractivity contribution in [1.82, 2.24) is 14.6 Å². The van der Waals surface area contributed by atoms with Crippen LogP contribution in [0, 0.1) is 6.92 Å². The van der Waals surface area contributed by atoms with Crippen molar-refractivity contribution in [3.8, 4) is 0 Å². The Bertz CT molecular complexity index is 607. The maximum absolute atomic E-state index is 11.9. The highest BCUT2D eigenvalue weighted by molar-refractivity contribution is 7.14. The van der Waals surface area contributed by atoms with Gasteiger partial charge in [-0.3, -0.25) is 14.9 Å².